The Labute approximate surface area is 487 Å². The van der Waals surface area contributed by atoms with E-state index in [1.165, 1.54) is 308 Å². The number of aliphatic hydroxyl groups excluding tert-OH is 2. The van der Waals surface area contributed by atoms with Crippen LogP contribution in [0.15, 0.2) is 36.5 Å². The minimum atomic E-state index is -0.842. The van der Waals surface area contributed by atoms with E-state index in [2.05, 4.69) is 43.5 Å². The van der Waals surface area contributed by atoms with Gasteiger partial charge in [0.15, 0.2) is 0 Å². The number of carbonyl (C=O) groups is 2. The first-order valence-corrected chi connectivity index (χ1v) is 35.3. The SMILES string of the molecule is CCCCC/C=C\C/C=C\CCCCCCCC(=O)OCCCCCCCCCCCCCCCCCCCCCCCCCCCCCCCCC(=O)N[C@@H](CO)[C@H](O)/C=C/CCCCCCCCCCCCCCCC. The van der Waals surface area contributed by atoms with Gasteiger partial charge in [-0.15, -0.1) is 0 Å². The number of nitrogens with one attached hydrogen (secondary N) is 1. The number of amides is 1. The fraction of sp³-hybridized carbons (Fsp3) is 0.889. The minimum Gasteiger partial charge on any atom is -0.466 e. The van der Waals surface area contributed by atoms with Crippen LogP contribution < -0.4 is 5.32 Å². The number of hydrogen-bond acceptors (Lipinski definition) is 5. The lowest BCUT2D eigenvalue weighted by molar-refractivity contribution is -0.143. The summed E-state index contributed by atoms with van der Waals surface area (Å²) in [7, 11) is 0. The van der Waals surface area contributed by atoms with E-state index in [0.717, 1.165) is 51.4 Å². The van der Waals surface area contributed by atoms with Gasteiger partial charge in [-0.3, -0.25) is 9.59 Å². The van der Waals surface area contributed by atoms with Crippen LogP contribution in [0.1, 0.15) is 386 Å². The highest BCUT2D eigenvalue weighted by atomic mass is 16.5. The largest absolute Gasteiger partial charge is 0.466 e. The molecule has 6 nitrogen and oxygen atoms in total. The van der Waals surface area contributed by atoms with Gasteiger partial charge >= 0.3 is 5.97 Å². The molecule has 0 fully saturated rings. The van der Waals surface area contributed by atoms with Crippen LogP contribution in [0.3, 0.4) is 0 Å². The van der Waals surface area contributed by atoms with Gasteiger partial charge in [0.25, 0.3) is 0 Å². The molecule has 0 heterocycles. The Morgan fingerprint density at radius 1 is 0.359 bits per heavy atom. The zero-order valence-electron chi connectivity index (χ0n) is 52.7. The average Bonchev–Trinajstić information content (AvgIpc) is 3.44. The van der Waals surface area contributed by atoms with Gasteiger partial charge < -0.3 is 20.3 Å². The fourth-order valence-corrected chi connectivity index (χ4v) is 11.0. The first kappa shape index (κ1) is 76.1. The smallest absolute Gasteiger partial charge is 0.305 e. The fourth-order valence-electron chi connectivity index (χ4n) is 11.0. The highest BCUT2D eigenvalue weighted by Gasteiger charge is 2.18. The first-order chi connectivity index (χ1) is 38.5. The molecule has 2 atom stereocenters. The molecule has 0 aromatic carbocycles. The monoisotopic (exact) mass is 1100 g/mol. The Bertz CT molecular complexity index is 1260. The van der Waals surface area contributed by atoms with E-state index in [9.17, 15) is 19.8 Å². The Balaban J connectivity index is 3.35. The molecule has 0 spiro atoms. The third-order valence-electron chi connectivity index (χ3n) is 16.4. The van der Waals surface area contributed by atoms with Crippen molar-refractivity contribution >= 4 is 11.9 Å². The Morgan fingerprint density at radius 3 is 1.00 bits per heavy atom. The number of ether oxygens (including phenoxy) is 1. The number of allylic oxidation sites excluding steroid dienone is 5. The van der Waals surface area contributed by atoms with Crippen molar-refractivity contribution in [3.63, 3.8) is 0 Å². The van der Waals surface area contributed by atoms with Gasteiger partial charge in [0.1, 0.15) is 0 Å². The van der Waals surface area contributed by atoms with Gasteiger partial charge in [-0.05, 0) is 64.2 Å². The van der Waals surface area contributed by atoms with E-state index in [4.69, 9.17) is 4.74 Å². The Kier molecular flexibility index (Phi) is 65.9. The summed E-state index contributed by atoms with van der Waals surface area (Å²) in [6.07, 6.45) is 86.5. The van der Waals surface area contributed by atoms with Crippen molar-refractivity contribution in [2.45, 2.75) is 398 Å². The molecule has 0 saturated heterocycles. The normalized spacial score (nSPS) is 12.7. The second-order valence-electron chi connectivity index (χ2n) is 24.2. The van der Waals surface area contributed by atoms with Gasteiger partial charge in [-0.1, -0.05) is 346 Å². The number of rotatable bonds is 66. The summed E-state index contributed by atoms with van der Waals surface area (Å²) >= 11 is 0. The third-order valence-corrected chi connectivity index (χ3v) is 16.4. The van der Waals surface area contributed by atoms with Crippen molar-refractivity contribution in [3.05, 3.63) is 36.5 Å². The van der Waals surface area contributed by atoms with Gasteiger partial charge in [-0.2, -0.15) is 0 Å². The van der Waals surface area contributed by atoms with E-state index in [-0.39, 0.29) is 18.5 Å². The topological polar surface area (TPSA) is 95.9 Å². The standard InChI is InChI=1S/C72H137NO5/c1-3-5-7-9-11-13-15-17-19-37-40-44-48-52-56-60-64-70(75)69(68-74)73-71(76)65-61-57-53-49-45-41-38-34-32-30-28-26-24-22-20-21-23-25-27-29-31-33-35-39-43-47-51-55-59-63-67-78-72(77)66-62-58-54-50-46-42-36-18-16-14-12-10-8-6-4-2/h12,14,18,36,60,64,69-70,74-75H,3-11,13,15-17,19-35,37-59,61-63,65-68H2,1-2H3,(H,73,76)/b14-12-,36-18-,64-60+/t69-,70+/m0/s1. The van der Waals surface area contributed by atoms with Crippen LogP contribution in [0.2, 0.25) is 0 Å². The molecule has 0 unspecified atom stereocenters. The van der Waals surface area contributed by atoms with E-state index in [1.807, 2.05) is 6.08 Å². The lowest BCUT2D eigenvalue weighted by Crippen LogP contribution is -2.45. The summed E-state index contributed by atoms with van der Waals surface area (Å²) in [5.74, 6) is -0.0556. The second-order valence-corrected chi connectivity index (χ2v) is 24.2. The molecule has 0 bridgehead atoms. The summed E-state index contributed by atoms with van der Waals surface area (Å²) < 4.78 is 5.49. The van der Waals surface area contributed by atoms with Crippen LogP contribution >= 0.6 is 0 Å². The molecule has 0 aliphatic heterocycles. The maximum atomic E-state index is 12.5. The number of aliphatic hydroxyl groups is 2. The van der Waals surface area contributed by atoms with Crippen molar-refractivity contribution in [1.29, 1.82) is 0 Å². The maximum absolute atomic E-state index is 12.5. The molecule has 1 amide bonds. The molecule has 0 saturated carbocycles. The van der Waals surface area contributed by atoms with Gasteiger partial charge in [-0.25, -0.2) is 0 Å². The first-order valence-electron chi connectivity index (χ1n) is 35.3. The van der Waals surface area contributed by atoms with Crippen LogP contribution in [0.25, 0.3) is 0 Å². The average molecular weight is 1100 g/mol. The molecule has 78 heavy (non-hydrogen) atoms. The zero-order chi connectivity index (χ0) is 56.4. The maximum Gasteiger partial charge on any atom is 0.305 e. The number of carbonyl (C=O) groups excluding carboxylic acids is 2. The summed E-state index contributed by atoms with van der Waals surface area (Å²) in [6.45, 7) is 4.90. The van der Waals surface area contributed by atoms with Gasteiger partial charge in [0.05, 0.1) is 25.4 Å². The molecule has 0 rings (SSSR count). The number of esters is 1. The molecular formula is C72H137NO5. The van der Waals surface area contributed by atoms with Gasteiger partial charge in [0, 0.05) is 12.8 Å². The van der Waals surface area contributed by atoms with Crippen molar-refractivity contribution < 1.29 is 24.5 Å². The summed E-state index contributed by atoms with van der Waals surface area (Å²) in [4.78, 5) is 24.6. The molecule has 3 N–H and O–H groups in total. The van der Waals surface area contributed by atoms with Crippen molar-refractivity contribution in [3.8, 4) is 0 Å². The van der Waals surface area contributed by atoms with Crippen LogP contribution in [-0.2, 0) is 14.3 Å². The molecule has 6 heteroatoms. The van der Waals surface area contributed by atoms with Crippen LogP contribution in [-0.4, -0.2) is 47.4 Å². The van der Waals surface area contributed by atoms with E-state index >= 15 is 0 Å². The van der Waals surface area contributed by atoms with Gasteiger partial charge in [0.2, 0.25) is 5.91 Å². The molecule has 0 aromatic rings. The number of hydrogen-bond donors (Lipinski definition) is 3. The molecule has 0 aliphatic carbocycles. The van der Waals surface area contributed by atoms with Crippen LogP contribution in [0.5, 0.6) is 0 Å². The molecule has 0 radical (unpaired) electrons. The highest BCUT2D eigenvalue weighted by molar-refractivity contribution is 5.76. The summed E-state index contributed by atoms with van der Waals surface area (Å²) in [6, 6.07) is -0.625. The van der Waals surface area contributed by atoms with E-state index < -0.39 is 12.1 Å². The van der Waals surface area contributed by atoms with Crippen molar-refractivity contribution in [1.82, 2.24) is 5.32 Å². The lowest BCUT2D eigenvalue weighted by atomic mass is 10.0. The quantitative estimate of drug-likeness (QED) is 0.0320. The second kappa shape index (κ2) is 67.6. The predicted molar refractivity (Wildman–Crippen MR) is 343 cm³/mol. The predicted octanol–water partition coefficient (Wildman–Crippen LogP) is 22.7. The minimum absolute atomic E-state index is 0.00604. The summed E-state index contributed by atoms with van der Waals surface area (Å²) in [5.41, 5.74) is 0. The third kappa shape index (κ3) is 63.3. The molecular weight excluding hydrogens is 959 g/mol. The Morgan fingerprint density at radius 2 is 0.641 bits per heavy atom. The highest BCUT2D eigenvalue weighted by Crippen LogP contribution is 2.19. The van der Waals surface area contributed by atoms with E-state index in [0.29, 0.717) is 19.4 Å². The number of unbranched alkanes of at least 4 members (excludes halogenated alkanes) is 51. The van der Waals surface area contributed by atoms with Crippen molar-refractivity contribution in [2.75, 3.05) is 13.2 Å². The van der Waals surface area contributed by atoms with Crippen LogP contribution in [0.4, 0.5) is 0 Å². The van der Waals surface area contributed by atoms with Crippen molar-refractivity contribution in [2.24, 2.45) is 0 Å². The van der Waals surface area contributed by atoms with Crippen LogP contribution in [0, 0.1) is 0 Å². The zero-order valence-corrected chi connectivity index (χ0v) is 52.7. The molecule has 460 valence electrons. The lowest BCUT2D eigenvalue weighted by Gasteiger charge is -2.20. The Hall–Kier alpha value is -1.92. The van der Waals surface area contributed by atoms with E-state index in [1.54, 1.807) is 6.08 Å². The summed E-state index contributed by atoms with van der Waals surface area (Å²) in [5, 5.41) is 23.2. The molecule has 0 aliphatic rings. The molecule has 0 aromatic heterocycles.